The van der Waals surface area contributed by atoms with Gasteiger partial charge in [-0.05, 0) is 43.2 Å². The van der Waals surface area contributed by atoms with E-state index in [-0.39, 0.29) is 17.6 Å². The summed E-state index contributed by atoms with van der Waals surface area (Å²) in [4.78, 5) is 31.6. The zero-order valence-corrected chi connectivity index (χ0v) is 17.6. The lowest BCUT2D eigenvalue weighted by atomic mass is 10.1. The number of carbonyl (C=O) groups is 1. The quantitative estimate of drug-likeness (QED) is 0.633. The number of carbonyl (C=O) groups excluding carboxylic acids is 1. The number of hydrogen-bond donors (Lipinski definition) is 2. The third-order valence-electron chi connectivity index (χ3n) is 5.18. The molecule has 2 heterocycles. The smallest absolute Gasteiger partial charge is 0.319 e. The predicted molar refractivity (Wildman–Crippen MR) is 119 cm³/mol. The van der Waals surface area contributed by atoms with E-state index in [0.29, 0.717) is 18.9 Å². The van der Waals surface area contributed by atoms with E-state index >= 15 is 0 Å². The third kappa shape index (κ3) is 4.27. The third-order valence-corrected chi connectivity index (χ3v) is 5.67. The van der Waals surface area contributed by atoms with Crippen LogP contribution in [0.5, 0.6) is 0 Å². The molecular formula is C21H22BrN5O2. The fraction of sp³-hybridized carbons (Fsp3) is 0.286. The lowest BCUT2D eigenvalue weighted by molar-refractivity contribution is 0.246. The molecule has 1 saturated heterocycles. The lowest BCUT2D eigenvalue weighted by Gasteiger charge is -2.33. The number of urea groups is 1. The summed E-state index contributed by atoms with van der Waals surface area (Å²) in [7, 11) is 1.77. The molecule has 0 bridgehead atoms. The highest BCUT2D eigenvalue weighted by molar-refractivity contribution is 9.10. The van der Waals surface area contributed by atoms with E-state index in [0.717, 1.165) is 34.0 Å². The van der Waals surface area contributed by atoms with Gasteiger partial charge in [0, 0.05) is 36.3 Å². The van der Waals surface area contributed by atoms with Crippen LogP contribution in [0.1, 0.15) is 12.8 Å². The van der Waals surface area contributed by atoms with Crippen molar-refractivity contribution in [3.05, 3.63) is 63.4 Å². The van der Waals surface area contributed by atoms with Gasteiger partial charge >= 0.3 is 6.03 Å². The largest absolute Gasteiger partial charge is 0.352 e. The fourth-order valence-corrected chi connectivity index (χ4v) is 4.02. The number of anilines is 2. The number of benzene rings is 2. The molecular weight excluding hydrogens is 434 g/mol. The summed E-state index contributed by atoms with van der Waals surface area (Å²) in [6.45, 7) is 1.34. The minimum absolute atomic E-state index is 0.0581. The molecule has 1 fully saturated rings. The summed E-state index contributed by atoms with van der Waals surface area (Å²) in [6, 6.07) is 14.9. The Labute approximate surface area is 176 Å². The number of hydrogen-bond acceptors (Lipinski definition) is 4. The first kappa shape index (κ1) is 19.4. The SMILES string of the molecule is Cn1c(=O)c(N2CCC(NC(=O)Nc3cccc(Br)c3)CC2)nc2ccccc21. The van der Waals surface area contributed by atoms with Crippen molar-refractivity contribution >= 4 is 44.5 Å². The van der Waals surface area contributed by atoms with Gasteiger partial charge in [0.05, 0.1) is 11.0 Å². The second-order valence-corrected chi connectivity index (χ2v) is 8.07. The molecule has 0 aliphatic carbocycles. The van der Waals surface area contributed by atoms with Crippen LogP contribution in [0.15, 0.2) is 57.8 Å². The second-order valence-electron chi connectivity index (χ2n) is 7.16. The van der Waals surface area contributed by atoms with E-state index in [1.54, 1.807) is 11.6 Å². The van der Waals surface area contributed by atoms with E-state index in [2.05, 4.69) is 31.5 Å². The van der Waals surface area contributed by atoms with Gasteiger partial charge in [0.1, 0.15) is 0 Å². The minimum atomic E-state index is -0.221. The van der Waals surface area contributed by atoms with Crippen LogP contribution >= 0.6 is 15.9 Å². The fourth-order valence-electron chi connectivity index (χ4n) is 3.62. The molecule has 0 spiro atoms. The molecule has 7 nitrogen and oxygen atoms in total. The number of rotatable bonds is 3. The van der Waals surface area contributed by atoms with Gasteiger partial charge in [-0.2, -0.15) is 0 Å². The maximum atomic E-state index is 12.7. The summed E-state index contributed by atoms with van der Waals surface area (Å²) < 4.78 is 2.56. The number of amides is 2. The molecule has 1 aliphatic heterocycles. The average molecular weight is 456 g/mol. The molecule has 29 heavy (non-hydrogen) atoms. The number of nitrogens with zero attached hydrogens (tertiary/aromatic N) is 3. The molecule has 0 radical (unpaired) electrons. The monoisotopic (exact) mass is 455 g/mol. The second kappa shape index (κ2) is 8.24. The maximum absolute atomic E-state index is 12.7. The minimum Gasteiger partial charge on any atom is -0.352 e. The number of para-hydroxylation sites is 2. The molecule has 0 unspecified atom stereocenters. The number of piperidine rings is 1. The van der Waals surface area contributed by atoms with Crippen molar-refractivity contribution in [1.29, 1.82) is 0 Å². The summed E-state index contributed by atoms with van der Waals surface area (Å²) in [5.41, 5.74) is 2.26. The molecule has 150 valence electrons. The highest BCUT2D eigenvalue weighted by Crippen LogP contribution is 2.19. The van der Waals surface area contributed by atoms with Crippen molar-refractivity contribution in [2.75, 3.05) is 23.3 Å². The van der Waals surface area contributed by atoms with Gasteiger partial charge in [-0.1, -0.05) is 34.1 Å². The molecule has 0 atom stereocenters. The molecule has 2 N–H and O–H groups in total. The molecule has 3 aromatic rings. The van der Waals surface area contributed by atoms with Gasteiger partial charge in [0.15, 0.2) is 5.82 Å². The van der Waals surface area contributed by atoms with Crippen LogP contribution in [0.3, 0.4) is 0 Å². The first-order chi connectivity index (χ1) is 14.0. The van der Waals surface area contributed by atoms with Crippen molar-refractivity contribution in [1.82, 2.24) is 14.9 Å². The van der Waals surface area contributed by atoms with Crippen LogP contribution < -0.4 is 21.1 Å². The Morgan fingerprint density at radius 1 is 1.14 bits per heavy atom. The summed E-state index contributed by atoms with van der Waals surface area (Å²) >= 11 is 3.39. The first-order valence-electron chi connectivity index (χ1n) is 9.55. The molecule has 0 saturated carbocycles. The summed E-state index contributed by atoms with van der Waals surface area (Å²) in [6.07, 6.45) is 1.51. The highest BCUT2D eigenvalue weighted by Gasteiger charge is 2.24. The van der Waals surface area contributed by atoms with Crippen molar-refractivity contribution in [2.24, 2.45) is 7.05 Å². The van der Waals surface area contributed by atoms with Crippen molar-refractivity contribution in [3.8, 4) is 0 Å². The molecule has 1 aromatic heterocycles. The van der Waals surface area contributed by atoms with Crippen molar-refractivity contribution in [3.63, 3.8) is 0 Å². The van der Waals surface area contributed by atoms with E-state index < -0.39 is 0 Å². The average Bonchev–Trinajstić information content (AvgIpc) is 2.71. The standard InChI is InChI=1S/C21H22BrN5O2/c1-26-18-8-3-2-7-17(18)25-19(20(26)28)27-11-9-15(10-12-27)23-21(29)24-16-6-4-5-14(22)13-16/h2-8,13,15H,9-12H2,1H3,(H2,23,24,29). The van der Waals surface area contributed by atoms with Crippen LogP contribution in [-0.2, 0) is 7.05 Å². The number of aryl methyl sites for hydroxylation is 1. The van der Waals surface area contributed by atoms with Gasteiger partial charge < -0.3 is 20.1 Å². The number of fused-ring (bicyclic) bond motifs is 1. The van der Waals surface area contributed by atoms with Crippen LogP contribution in [-0.4, -0.2) is 34.7 Å². The van der Waals surface area contributed by atoms with Crippen LogP contribution in [0.4, 0.5) is 16.3 Å². The zero-order chi connectivity index (χ0) is 20.4. The van der Waals surface area contributed by atoms with E-state index in [9.17, 15) is 9.59 Å². The van der Waals surface area contributed by atoms with Gasteiger partial charge in [0.2, 0.25) is 0 Å². The predicted octanol–water partition coefficient (Wildman–Crippen LogP) is 3.49. The Morgan fingerprint density at radius 3 is 2.66 bits per heavy atom. The van der Waals surface area contributed by atoms with E-state index in [1.807, 2.05) is 53.4 Å². The van der Waals surface area contributed by atoms with Crippen LogP contribution in [0, 0.1) is 0 Å². The van der Waals surface area contributed by atoms with Gasteiger partial charge in [-0.15, -0.1) is 0 Å². The Morgan fingerprint density at radius 2 is 1.90 bits per heavy atom. The number of halogens is 1. The van der Waals surface area contributed by atoms with Crippen LogP contribution in [0.2, 0.25) is 0 Å². The molecule has 8 heteroatoms. The van der Waals surface area contributed by atoms with Gasteiger partial charge in [-0.25, -0.2) is 9.78 Å². The topological polar surface area (TPSA) is 79.3 Å². The first-order valence-corrected chi connectivity index (χ1v) is 10.3. The van der Waals surface area contributed by atoms with Crippen molar-refractivity contribution in [2.45, 2.75) is 18.9 Å². The number of aromatic nitrogens is 2. The van der Waals surface area contributed by atoms with Crippen LogP contribution in [0.25, 0.3) is 11.0 Å². The zero-order valence-electron chi connectivity index (χ0n) is 16.1. The molecule has 4 rings (SSSR count). The Hall–Kier alpha value is -2.87. The Balaban J connectivity index is 1.39. The highest BCUT2D eigenvalue weighted by atomic mass is 79.9. The Bertz CT molecular complexity index is 1110. The van der Waals surface area contributed by atoms with E-state index in [4.69, 9.17) is 0 Å². The van der Waals surface area contributed by atoms with Gasteiger partial charge in [0.25, 0.3) is 5.56 Å². The molecule has 2 aromatic carbocycles. The summed E-state index contributed by atoms with van der Waals surface area (Å²) in [5, 5.41) is 5.87. The Kier molecular flexibility index (Phi) is 5.53. The summed E-state index contributed by atoms with van der Waals surface area (Å²) in [5.74, 6) is 0.475. The number of nitrogens with one attached hydrogen (secondary N) is 2. The van der Waals surface area contributed by atoms with Crippen molar-refractivity contribution < 1.29 is 4.79 Å². The maximum Gasteiger partial charge on any atom is 0.319 e. The lowest BCUT2D eigenvalue weighted by Crippen LogP contribution is -2.47. The molecule has 2 amide bonds. The van der Waals surface area contributed by atoms with Gasteiger partial charge in [-0.3, -0.25) is 4.79 Å². The normalized spacial score (nSPS) is 14.8. The molecule has 1 aliphatic rings. The van der Waals surface area contributed by atoms with E-state index in [1.165, 1.54) is 0 Å².